The number of unbranched alkanes of at least 4 members (excludes halogenated alkanes) is 1. The molecule has 138 valence electrons. The number of amides is 2. The van der Waals surface area contributed by atoms with Crippen molar-refractivity contribution >= 4 is 23.8 Å². The van der Waals surface area contributed by atoms with E-state index in [1.165, 1.54) is 0 Å². The zero-order valence-electron chi connectivity index (χ0n) is 13.1. The maximum Gasteiger partial charge on any atom is 0.326 e. The molecule has 11 nitrogen and oxygen atoms in total. The average molecular weight is 348 g/mol. The summed E-state index contributed by atoms with van der Waals surface area (Å²) in [6.45, 7) is -0.318. The van der Waals surface area contributed by atoms with Gasteiger partial charge in [-0.15, -0.1) is 0 Å². The molecule has 0 aliphatic carbocycles. The average Bonchev–Trinajstić information content (AvgIpc) is 2.51. The maximum absolute atomic E-state index is 12.1. The van der Waals surface area contributed by atoms with Crippen molar-refractivity contribution in [2.75, 3.05) is 13.2 Å². The summed E-state index contributed by atoms with van der Waals surface area (Å²) in [5, 5.41) is 31.0. The van der Waals surface area contributed by atoms with E-state index >= 15 is 0 Å². The summed E-state index contributed by atoms with van der Waals surface area (Å²) in [7, 11) is 0. The smallest absolute Gasteiger partial charge is 0.326 e. The summed E-state index contributed by atoms with van der Waals surface area (Å²) >= 11 is 0. The van der Waals surface area contributed by atoms with Crippen LogP contribution in [0, 0.1) is 0 Å². The van der Waals surface area contributed by atoms with E-state index in [2.05, 4.69) is 10.6 Å². The maximum atomic E-state index is 12.1. The zero-order valence-corrected chi connectivity index (χ0v) is 13.1. The monoisotopic (exact) mass is 348 g/mol. The number of carbonyl (C=O) groups excluding carboxylic acids is 2. The Bertz CT molecular complexity index is 458. The van der Waals surface area contributed by atoms with Crippen molar-refractivity contribution in [1.29, 1.82) is 0 Å². The molecule has 0 bridgehead atoms. The Morgan fingerprint density at radius 3 is 2.00 bits per heavy atom. The minimum absolute atomic E-state index is 0.113. The fraction of sp³-hybridized carbons (Fsp3) is 0.692. The lowest BCUT2D eigenvalue weighted by molar-refractivity contribution is -0.143. The molecule has 0 radical (unpaired) electrons. The number of nitrogens with two attached hydrogens (primary N) is 2. The first-order chi connectivity index (χ1) is 11.2. The lowest BCUT2D eigenvalue weighted by atomic mass is 10.1. The molecule has 0 saturated carbocycles. The molecule has 0 unspecified atom stereocenters. The van der Waals surface area contributed by atoms with Crippen molar-refractivity contribution < 1.29 is 34.5 Å². The van der Waals surface area contributed by atoms with E-state index < -0.39 is 54.9 Å². The molecule has 0 saturated heterocycles. The molecule has 3 atom stereocenters. The summed E-state index contributed by atoms with van der Waals surface area (Å²) < 4.78 is 0. The fourth-order valence-corrected chi connectivity index (χ4v) is 1.77. The van der Waals surface area contributed by atoms with Gasteiger partial charge in [-0.25, -0.2) is 4.79 Å². The number of carbonyl (C=O) groups is 4. The Balaban J connectivity index is 4.91. The highest BCUT2D eigenvalue weighted by Gasteiger charge is 2.29. The van der Waals surface area contributed by atoms with Crippen LogP contribution < -0.4 is 22.1 Å². The first-order valence-electron chi connectivity index (χ1n) is 7.34. The van der Waals surface area contributed by atoms with Crippen LogP contribution in [-0.4, -0.2) is 70.3 Å². The molecule has 0 aromatic carbocycles. The van der Waals surface area contributed by atoms with Crippen LogP contribution >= 0.6 is 0 Å². The molecule has 24 heavy (non-hydrogen) atoms. The summed E-state index contributed by atoms with van der Waals surface area (Å²) in [6, 6.07) is -4.07. The second-order valence-electron chi connectivity index (χ2n) is 5.13. The largest absolute Gasteiger partial charge is 0.481 e. The standard InChI is InChI=1S/C13H24N4O7/c14-4-2-1-3-8(13(23)24)16-12(22)9(5-10(19)20)17-11(21)7(15)6-18/h7-9,18H,1-6,14-15H2,(H,16,22)(H,17,21)(H,19,20)(H,23,24)/t7-,8-,9-/m0/s1. The van der Waals surface area contributed by atoms with Gasteiger partial charge in [-0.1, -0.05) is 0 Å². The number of rotatable bonds is 12. The number of hydrogen-bond donors (Lipinski definition) is 7. The molecule has 0 aromatic heterocycles. The van der Waals surface area contributed by atoms with E-state index in [1.54, 1.807) is 0 Å². The van der Waals surface area contributed by atoms with Crippen molar-refractivity contribution in [2.45, 2.75) is 43.8 Å². The highest BCUT2D eigenvalue weighted by molar-refractivity contribution is 5.93. The van der Waals surface area contributed by atoms with Gasteiger partial charge < -0.3 is 37.4 Å². The zero-order chi connectivity index (χ0) is 18.7. The Kier molecular flexibility index (Phi) is 10.3. The molecule has 11 heteroatoms. The first kappa shape index (κ1) is 21.8. The van der Waals surface area contributed by atoms with E-state index in [4.69, 9.17) is 26.8 Å². The molecule has 0 aliphatic heterocycles. The van der Waals surface area contributed by atoms with Crippen LogP contribution in [0.4, 0.5) is 0 Å². The van der Waals surface area contributed by atoms with Crippen LogP contribution in [0.1, 0.15) is 25.7 Å². The number of aliphatic hydroxyl groups is 1. The van der Waals surface area contributed by atoms with E-state index in [1.807, 2.05) is 0 Å². The van der Waals surface area contributed by atoms with Gasteiger partial charge in [0, 0.05) is 0 Å². The Labute approximate surface area is 138 Å². The highest BCUT2D eigenvalue weighted by atomic mass is 16.4. The molecule has 0 heterocycles. The van der Waals surface area contributed by atoms with E-state index in [0.717, 1.165) is 0 Å². The van der Waals surface area contributed by atoms with Crippen LogP contribution in [-0.2, 0) is 19.2 Å². The molecular formula is C13H24N4O7. The molecule has 0 spiro atoms. The first-order valence-corrected chi connectivity index (χ1v) is 7.34. The Morgan fingerprint density at radius 1 is 0.958 bits per heavy atom. The number of carboxylic acid groups (broad SMARTS) is 2. The lowest BCUT2D eigenvalue weighted by Gasteiger charge is -2.21. The van der Waals surface area contributed by atoms with Gasteiger partial charge in [-0.05, 0) is 25.8 Å². The summed E-state index contributed by atoms with van der Waals surface area (Å²) in [5.74, 6) is -4.54. The lowest BCUT2D eigenvalue weighted by Crippen LogP contribution is -2.55. The van der Waals surface area contributed by atoms with Gasteiger partial charge in [-0.3, -0.25) is 14.4 Å². The van der Waals surface area contributed by atoms with Gasteiger partial charge in [0.05, 0.1) is 13.0 Å². The molecule has 2 amide bonds. The third-order valence-corrected chi connectivity index (χ3v) is 3.11. The third-order valence-electron chi connectivity index (χ3n) is 3.11. The molecule has 0 rings (SSSR count). The fourth-order valence-electron chi connectivity index (χ4n) is 1.77. The number of nitrogens with one attached hydrogen (secondary N) is 2. The van der Waals surface area contributed by atoms with E-state index in [-0.39, 0.29) is 6.42 Å². The van der Waals surface area contributed by atoms with Gasteiger partial charge in [0.2, 0.25) is 11.8 Å². The van der Waals surface area contributed by atoms with Gasteiger partial charge in [0.25, 0.3) is 0 Å². The molecular weight excluding hydrogens is 324 g/mol. The van der Waals surface area contributed by atoms with Gasteiger partial charge >= 0.3 is 11.9 Å². The second-order valence-corrected chi connectivity index (χ2v) is 5.13. The number of carboxylic acids is 2. The van der Waals surface area contributed by atoms with E-state index in [9.17, 15) is 19.2 Å². The van der Waals surface area contributed by atoms with Crippen molar-refractivity contribution in [2.24, 2.45) is 11.5 Å². The molecule has 0 fully saturated rings. The third kappa shape index (κ3) is 8.41. The van der Waals surface area contributed by atoms with Crippen molar-refractivity contribution in [3.8, 4) is 0 Å². The molecule has 0 aliphatic rings. The predicted molar refractivity (Wildman–Crippen MR) is 81.7 cm³/mol. The highest BCUT2D eigenvalue weighted by Crippen LogP contribution is 2.03. The number of aliphatic hydroxyl groups excluding tert-OH is 1. The second kappa shape index (κ2) is 11.3. The van der Waals surface area contributed by atoms with Crippen molar-refractivity contribution in [3.05, 3.63) is 0 Å². The predicted octanol–water partition coefficient (Wildman–Crippen LogP) is -3.04. The van der Waals surface area contributed by atoms with Crippen LogP contribution in [0.5, 0.6) is 0 Å². The van der Waals surface area contributed by atoms with Gasteiger partial charge in [-0.2, -0.15) is 0 Å². The topological polar surface area (TPSA) is 205 Å². The van der Waals surface area contributed by atoms with Gasteiger partial charge in [0.15, 0.2) is 0 Å². The van der Waals surface area contributed by atoms with Crippen LogP contribution in [0.25, 0.3) is 0 Å². The van der Waals surface area contributed by atoms with Crippen LogP contribution in [0.2, 0.25) is 0 Å². The summed E-state index contributed by atoms with van der Waals surface area (Å²) in [4.78, 5) is 45.7. The number of aliphatic carboxylic acids is 2. The van der Waals surface area contributed by atoms with Crippen molar-refractivity contribution in [1.82, 2.24) is 10.6 Å². The Morgan fingerprint density at radius 2 is 1.54 bits per heavy atom. The van der Waals surface area contributed by atoms with Crippen LogP contribution in [0.15, 0.2) is 0 Å². The SMILES string of the molecule is NCCCC[C@H](NC(=O)[C@H](CC(=O)O)NC(=O)[C@@H](N)CO)C(=O)O. The molecule has 0 aromatic rings. The van der Waals surface area contributed by atoms with Crippen LogP contribution in [0.3, 0.4) is 0 Å². The van der Waals surface area contributed by atoms with Crippen molar-refractivity contribution in [3.63, 3.8) is 0 Å². The van der Waals surface area contributed by atoms with Gasteiger partial charge in [0.1, 0.15) is 18.1 Å². The minimum Gasteiger partial charge on any atom is -0.481 e. The van der Waals surface area contributed by atoms with E-state index in [0.29, 0.717) is 19.4 Å². The normalized spacial score (nSPS) is 14.3. The minimum atomic E-state index is -1.51. The summed E-state index contributed by atoms with van der Waals surface area (Å²) in [5.41, 5.74) is 10.6. The summed E-state index contributed by atoms with van der Waals surface area (Å²) in [6.07, 6.45) is 0.381. The molecule has 9 N–H and O–H groups in total. The number of hydrogen-bond acceptors (Lipinski definition) is 7. The Hall–Kier alpha value is -2.24. The quantitative estimate of drug-likeness (QED) is 0.179.